The Hall–Kier alpha value is -1.84. The zero-order chi connectivity index (χ0) is 12.7. The number of aryl methyl sites for hydroxylation is 1. The van der Waals surface area contributed by atoms with Crippen molar-refractivity contribution in [3.8, 4) is 0 Å². The summed E-state index contributed by atoms with van der Waals surface area (Å²) in [7, 11) is 1.26. The van der Waals surface area contributed by atoms with Gasteiger partial charge in [0.2, 0.25) is 5.91 Å². The summed E-state index contributed by atoms with van der Waals surface area (Å²) in [6, 6.07) is 7.61. The summed E-state index contributed by atoms with van der Waals surface area (Å²) in [6.45, 7) is 2.12. The summed E-state index contributed by atoms with van der Waals surface area (Å²) in [5, 5.41) is 2.64. The number of methoxy groups -OCH3 is 1. The molecule has 1 rings (SSSR count). The Morgan fingerprint density at radius 2 is 1.88 bits per heavy atom. The first kappa shape index (κ1) is 13.2. The smallest absolute Gasteiger partial charge is 0.315 e. The lowest BCUT2D eigenvalue weighted by Crippen LogP contribution is -2.17. The van der Waals surface area contributed by atoms with E-state index in [4.69, 9.17) is 0 Å². The fourth-order valence-corrected chi connectivity index (χ4v) is 1.45. The zero-order valence-corrected chi connectivity index (χ0v) is 10.2. The van der Waals surface area contributed by atoms with E-state index in [2.05, 4.69) is 17.0 Å². The predicted molar refractivity (Wildman–Crippen MR) is 65.7 cm³/mol. The van der Waals surface area contributed by atoms with Crippen LogP contribution in [-0.4, -0.2) is 19.0 Å². The van der Waals surface area contributed by atoms with Gasteiger partial charge in [0.05, 0.1) is 7.11 Å². The molecule has 0 saturated carbocycles. The Morgan fingerprint density at radius 1 is 1.24 bits per heavy atom. The highest BCUT2D eigenvalue weighted by Crippen LogP contribution is 2.11. The van der Waals surface area contributed by atoms with Crippen molar-refractivity contribution >= 4 is 17.6 Å². The normalized spacial score (nSPS) is 9.76. The number of hydrogen-bond donors (Lipinski definition) is 1. The van der Waals surface area contributed by atoms with Crippen molar-refractivity contribution in [1.29, 1.82) is 0 Å². The van der Waals surface area contributed by atoms with Crippen LogP contribution in [0.1, 0.15) is 25.3 Å². The molecule has 0 aliphatic rings. The van der Waals surface area contributed by atoms with Gasteiger partial charge in [-0.15, -0.1) is 0 Å². The number of anilines is 1. The third-order valence-corrected chi connectivity index (χ3v) is 2.31. The number of benzene rings is 1. The lowest BCUT2D eigenvalue weighted by molar-refractivity contribution is -0.142. The SMILES string of the molecule is CCCc1ccc(NC(=O)CC(=O)OC)cc1. The molecular formula is C13H17NO3. The van der Waals surface area contributed by atoms with E-state index in [0.29, 0.717) is 5.69 Å². The second-order valence-electron chi connectivity index (χ2n) is 3.75. The standard InChI is InChI=1S/C13H17NO3/c1-3-4-10-5-7-11(8-6-10)14-12(15)9-13(16)17-2/h5-8H,3-4,9H2,1-2H3,(H,14,15). The van der Waals surface area contributed by atoms with Crippen LogP contribution in [0.2, 0.25) is 0 Å². The molecule has 0 aliphatic heterocycles. The molecule has 0 heterocycles. The summed E-state index contributed by atoms with van der Waals surface area (Å²) in [6.07, 6.45) is 1.86. The van der Waals surface area contributed by atoms with Crippen LogP contribution in [0.25, 0.3) is 0 Å². The highest BCUT2D eigenvalue weighted by molar-refractivity contribution is 6.01. The number of hydrogen-bond acceptors (Lipinski definition) is 3. The molecule has 0 fully saturated rings. The molecule has 0 saturated heterocycles. The Balaban J connectivity index is 2.51. The van der Waals surface area contributed by atoms with E-state index in [9.17, 15) is 9.59 Å². The van der Waals surface area contributed by atoms with Crippen molar-refractivity contribution in [3.05, 3.63) is 29.8 Å². The highest BCUT2D eigenvalue weighted by atomic mass is 16.5. The Morgan fingerprint density at radius 3 is 2.41 bits per heavy atom. The minimum atomic E-state index is -0.537. The molecule has 17 heavy (non-hydrogen) atoms. The number of esters is 1. The fourth-order valence-electron chi connectivity index (χ4n) is 1.45. The van der Waals surface area contributed by atoms with Gasteiger partial charge >= 0.3 is 5.97 Å². The number of carbonyl (C=O) groups excluding carboxylic acids is 2. The lowest BCUT2D eigenvalue weighted by Gasteiger charge is -2.05. The van der Waals surface area contributed by atoms with Crippen molar-refractivity contribution in [2.45, 2.75) is 26.2 Å². The number of ether oxygens (including phenoxy) is 1. The fraction of sp³-hybridized carbons (Fsp3) is 0.385. The second kappa shape index (κ2) is 6.68. The molecule has 0 radical (unpaired) electrons. The summed E-state index contributed by atoms with van der Waals surface area (Å²) in [5.74, 6) is -0.898. The van der Waals surface area contributed by atoms with Crippen molar-refractivity contribution in [3.63, 3.8) is 0 Å². The van der Waals surface area contributed by atoms with E-state index in [1.165, 1.54) is 12.7 Å². The Bertz CT molecular complexity index is 384. The number of amides is 1. The van der Waals surface area contributed by atoms with E-state index in [0.717, 1.165) is 12.8 Å². The van der Waals surface area contributed by atoms with Crippen LogP contribution in [0, 0.1) is 0 Å². The van der Waals surface area contributed by atoms with Crippen LogP contribution >= 0.6 is 0 Å². The number of nitrogens with one attached hydrogen (secondary N) is 1. The van der Waals surface area contributed by atoms with Gasteiger partial charge in [-0.25, -0.2) is 0 Å². The molecule has 4 nitrogen and oxygen atoms in total. The van der Waals surface area contributed by atoms with Gasteiger partial charge in [-0.1, -0.05) is 25.5 Å². The van der Waals surface area contributed by atoms with Crippen LogP contribution in [0.5, 0.6) is 0 Å². The van der Waals surface area contributed by atoms with Crippen molar-refractivity contribution in [2.75, 3.05) is 12.4 Å². The first-order chi connectivity index (χ1) is 8.15. The summed E-state index contributed by atoms with van der Waals surface area (Å²) >= 11 is 0. The van der Waals surface area contributed by atoms with E-state index in [-0.39, 0.29) is 12.3 Å². The average Bonchev–Trinajstić information content (AvgIpc) is 2.31. The topological polar surface area (TPSA) is 55.4 Å². The van der Waals surface area contributed by atoms with Crippen molar-refractivity contribution < 1.29 is 14.3 Å². The van der Waals surface area contributed by atoms with Crippen LogP contribution in [0.3, 0.4) is 0 Å². The molecule has 1 aromatic carbocycles. The van der Waals surface area contributed by atoms with E-state index in [1.54, 1.807) is 0 Å². The molecule has 4 heteroatoms. The largest absolute Gasteiger partial charge is 0.469 e. The van der Waals surface area contributed by atoms with E-state index >= 15 is 0 Å². The number of carbonyl (C=O) groups is 2. The molecule has 0 atom stereocenters. The van der Waals surface area contributed by atoms with Crippen LogP contribution < -0.4 is 5.32 Å². The average molecular weight is 235 g/mol. The van der Waals surface area contributed by atoms with Gasteiger partial charge in [-0.05, 0) is 24.1 Å². The molecule has 0 unspecified atom stereocenters. The van der Waals surface area contributed by atoms with Gasteiger partial charge in [-0.3, -0.25) is 9.59 Å². The third kappa shape index (κ3) is 4.68. The Kier molecular flexibility index (Phi) is 5.20. The maximum absolute atomic E-state index is 11.4. The quantitative estimate of drug-likeness (QED) is 0.628. The summed E-state index contributed by atoms with van der Waals surface area (Å²) in [4.78, 5) is 22.2. The molecule has 0 aromatic heterocycles. The maximum atomic E-state index is 11.4. The predicted octanol–water partition coefficient (Wildman–Crippen LogP) is 2.14. The lowest BCUT2D eigenvalue weighted by atomic mass is 10.1. The minimum absolute atomic E-state index is 0.257. The van der Waals surface area contributed by atoms with Gasteiger partial charge in [0.15, 0.2) is 0 Å². The summed E-state index contributed by atoms with van der Waals surface area (Å²) < 4.78 is 4.41. The molecule has 1 aromatic rings. The van der Waals surface area contributed by atoms with Gasteiger partial charge in [0.25, 0.3) is 0 Å². The Labute approximate surface area is 101 Å². The zero-order valence-electron chi connectivity index (χ0n) is 10.2. The third-order valence-electron chi connectivity index (χ3n) is 2.31. The molecular weight excluding hydrogens is 218 g/mol. The van der Waals surface area contributed by atoms with E-state index in [1.807, 2.05) is 24.3 Å². The summed E-state index contributed by atoms with van der Waals surface area (Å²) in [5.41, 5.74) is 1.93. The second-order valence-corrected chi connectivity index (χ2v) is 3.75. The molecule has 0 bridgehead atoms. The first-order valence-corrected chi connectivity index (χ1v) is 5.61. The van der Waals surface area contributed by atoms with Crippen LogP contribution in [-0.2, 0) is 20.7 Å². The maximum Gasteiger partial charge on any atom is 0.315 e. The van der Waals surface area contributed by atoms with Crippen LogP contribution in [0.4, 0.5) is 5.69 Å². The molecule has 0 aliphatic carbocycles. The first-order valence-electron chi connectivity index (χ1n) is 5.61. The highest BCUT2D eigenvalue weighted by Gasteiger charge is 2.09. The van der Waals surface area contributed by atoms with Gasteiger partial charge in [0.1, 0.15) is 6.42 Å². The van der Waals surface area contributed by atoms with Gasteiger partial charge < -0.3 is 10.1 Å². The van der Waals surface area contributed by atoms with E-state index < -0.39 is 5.97 Å². The molecule has 1 amide bonds. The van der Waals surface area contributed by atoms with Crippen LogP contribution in [0.15, 0.2) is 24.3 Å². The van der Waals surface area contributed by atoms with Crippen molar-refractivity contribution in [2.24, 2.45) is 0 Å². The molecule has 92 valence electrons. The van der Waals surface area contributed by atoms with Gasteiger partial charge in [-0.2, -0.15) is 0 Å². The molecule has 0 spiro atoms. The molecule has 1 N–H and O–H groups in total. The minimum Gasteiger partial charge on any atom is -0.469 e. The number of rotatable bonds is 5. The monoisotopic (exact) mass is 235 g/mol. The van der Waals surface area contributed by atoms with Crippen molar-refractivity contribution in [1.82, 2.24) is 0 Å². The van der Waals surface area contributed by atoms with Gasteiger partial charge in [0, 0.05) is 5.69 Å².